The van der Waals surface area contributed by atoms with E-state index in [4.69, 9.17) is 11.6 Å². The molecule has 0 amide bonds. The minimum atomic E-state index is -0.231. The molecule has 0 aromatic rings. The predicted molar refractivity (Wildman–Crippen MR) is 40.0 cm³/mol. The molecule has 0 aromatic heterocycles. The van der Waals surface area contributed by atoms with Crippen LogP contribution < -0.4 is 0 Å². The number of hydrogen-bond donors (Lipinski definition) is 0. The van der Waals surface area contributed by atoms with Crippen molar-refractivity contribution in [3.63, 3.8) is 0 Å². The second-order valence-corrected chi connectivity index (χ2v) is 2.20. The minimum Gasteiger partial charge on any atom is -0.240 e. The van der Waals surface area contributed by atoms with Gasteiger partial charge in [-0.2, -0.15) is 0 Å². The van der Waals surface area contributed by atoms with Crippen LogP contribution in [0.15, 0.2) is 26.3 Å². The third-order valence-electron chi connectivity index (χ3n) is 1.24. The summed E-state index contributed by atoms with van der Waals surface area (Å²) in [4.78, 5) is 11.5. The van der Waals surface area contributed by atoms with Gasteiger partial charge in [-0.1, -0.05) is 11.6 Å². The number of hydrogen-bond acceptors (Lipinski definition) is 3. The van der Waals surface area contributed by atoms with Crippen molar-refractivity contribution in [2.75, 3.05) is 0 Å². The van der Waals surface area contributed by atoms with Gasteiger partial charge in [0.1, 0.15) is 11.5 Å². The zero-order chi connectivity index (χ0) is 6.97. The third-order valence-corrected chi connectivity index (χ3v) is 1.54. The maximum absolute atomic E-state index is 5.68. The minimum absolute atomic E-state index is 0.231. The lowest BCUT2D eigenvalue weighted by atomic mass is 10.2. The average Bonchev–Trinajstić information content (AvgIpc) is 2.36. The van der Waals surface area contributed by atoms with Gasteiger partial charge in [0.05, 0.1) is 5.57 Å². The van der Waals surface area contributed by atoms with E-state index in [1.807, 2.05) is 0 Å². The Morgan fingerprint density at radius 3 is 3.30 bits per heavy atom. The molecule has 2 aliphatic rings. The molecular formula is C6H2ClN3. The van der Waals surface area contributed by atoms with E-state index >= 15 is 0 Å². The molecule has 0 radical (unpaired) electrons. The maximum atomic E-state index is 5.68. The number of aliphatic imine (C=N–C) groups is 3. The molecule has 3 nitrogen and oxygen atoms in total. The van der Waals surface area contributed by atoms with Crippen LogP contribution in [0.5, 0.6) is 0 Å². The summed E-state index contributed by atoms with van der Waals surface area (Å²) >= 11 is 5.68. The Hall–Kier alpha value is -1.14. The summed E-state index contributed by atoms with van der Waals surface area (Å²) < 4.78 is 0. The van der Waals surface area contributed by atoms with Gasteiger partial charge < -0.3 is 0 Å². The summed E-state index contributed by atoms with van der Waals surface area (Å²) in [5.41, 5.74) is 3.44. The van der Waals surface area contributed by atoms with Gasteiger partial charge in [-0.25, -0.2) is 15.0 Å². The summed E-state index contributed by atoms with van der Waals surface area (Å²) in [5, 5.41) is 0.411. The Balaban J connectivity index is 2.58. The first kappa shape index (κ1) is 5.63. The Morgan fingerprint density at radius 1 is 1.60 bits per heavy atom. The van der Waals surface area contributed by atoms with Crippen molar-refractivity contribution in [1.82, 2.24) is 0 Å². The van der Waals surface area contributed by atoms with Crippen molar-refractivity contribution in [2.45, 2.75) is 6.17 Å². The zero-order valence-corrected chi connectivity index (χ0v) is 5.63. The van der Waals surface area contributed by atoms with Crippen LogP contribution in [0.2, 0.25) is 0 Å². The second-order valence-electron chi connectivity index (χ2n) is 1.84. The fourth-order valence-electron chi connectivity index (χ4n) is 0.765. The van der Waals surface area contributed by atoms with E-state index in [-0.39, 0.29) is 6.17 Å². The van der Waals surface area contributed by atoms with Crippen molar-refractivity contribution in [2.24, 2.45) is 15.0 Å². The van der Waals surface area contributed by atoms with E-state index in [1.165, 1.54) is 6.34 Å². The lowest BCUT2D eigenvalue weighted by Gasteiger charge is -2.06. The molecule has 0 saturated carbocycles. The number of fused-ring (bicyclic) bond motifs is 1. The Kier molecular flexibility index (Phi) is 1.08. The Labute approximate surface area is 62.2 Å². The summed E-state index contributed by atoms with van der Waals surface area (Å²) in [6.45, 7) is 0. The van der Waals surface area contributed by atoms with Crippen LogP contribution in [-0.2, 0) is 0 Å². The first-order chi connectivity index (χ1) is 4.88. The lowest BCUT2D eigenvalue weighted by molar-refractivity contribution is 0.870. The molecule has 1 atom stereocenters. The number of nitrogens with zero attached hydrogens (tertiary/aromatic N) is 3. The van der Waals surface area contributed by atoms with Crippen LogP contribution in [-0.4, -0.2) is 23.5 Å². The van der Waals surface area contributed by atoms with Crippen molar-refractivity contribution < 1.29 is 0 Å². The summed E-state index contributed by atoms with van der Waals surface area (Å²) in [7, 11) is 0. The van der Waals surface area contributed by atoms with Crippen LogP contribution >= 0.6 is 11.6 Å². The molecule has 0 aliphatic carbocycles. The van der Waals surface area contributed by atoms with Crippen molar-refractivity contribution in [1.29, 1.82) is 0 Å². The quantitative estimate of drug-likeness (QED) is 0.459. The molecule has 0 saturated heterocycles. The normalized spacial score (nSPS) is 26.3. The van der Waals surface area contributed by atoms with Gasteiger partial charge in [0.25, 0.3) is 0 Å². The van der Waals surface area contributed by atoms with E-state index in [9.17, 15) is 0 Å². The van der Waals surface area contributed by atoms with Gasteiger partial charge in [0, 0.05) is 5.87 Å². The van der Waals surface area contributed by atoms with Crippen LogP contribution in [0, 0.1) is 0 Å². The van der Waals surface area contributed by atoms with Crippen molar-refractivity contribution in [3.05, 3.63) is 11.3 Å². The lowest BCUT2D eigenvalue weighted by Crippen LogP contribution is -2.11. The molecule has 10 heavy (non-hydrogen) atoms. The molecule has 0 bridgehead atoms. The molecule has 0 spiro atoms. The molecule has 0 fully saturated rings. The second kappa shape index (κ2) is 1.93. The average molecular weight is 152 g/mol. The first-order valence-corrected chi connectivity index (χ1v) is 3.09. The predicted octanol–water partition coefficient (Wildman–Crippen LogP) is 0.757. The fourth-order valence-corrected chi connectivity index (χ4v) is 0.954. The van der Waals surface area contributed by atoms with Gasteiger partial charge in [-0.05, 0) is 5.73 Å². The largest absolute Gasteiger partial charge is 0.240 e. The highest BCUT2D eigenvalue weighted by Gasteiger charge is 2.20. The molecule has 0 N–H and O–H groups in total. The van der Waals surface area contributed by atoms with Crippen molar-refractivity contribution in [3.8, 4) is 0 Å². The zero-order valence-electron chi connectivity index (χ0n) is 4.87. The van der Waals surface area contributed by atoms with E-state index in [1.54, 1.807) is 0 Å². The van der Waals surface area contributed by atoms with Crippen LogP contribution in [0.25, 0.3) is 0 Å². The molecule has 4 heteroatoms. The van der Waals surface area contributed by atoms with E-state index in [2.05, 4.69) is 26.6 Å². The SMILES string of the molecule is ClC1=NC=NC2N=C=C=C12. The van der Waals surface area contributed by atoms with E-state index in [0.29, 0.717) is 10.7 Å². The highest BCUT2D eigenvalue weighted by Crippen LogP contribution is 2.16. The van der Waals surface area contributed by atoms with Crippen LogP contribution in [0.1, 0.15) is 0 Å². The molecule has 0 aromatic carbocycles. The maximum Gasteiger partial charge on any atom is 0.187 e. The molecule has 2 rings (SSSR count). The standard InChI is InChI=1S/C6H2ClN3/c7-5-4-1-2-8-6(4)10-3-9-5/h3,6H. The highest BCUT2D eigenvalue weighted by atomic mass is 35.5. The number of rotatable bonds is 0. The van der Waals surface area contributed by atoms with Crippen molar-refractivity contribution >= 4 is 29.0 Å². The molecule has 1 unspecified atom stereocenters. The Morgan fingerprint density at radius 2 is 2.50 bits per heavy atom. The third kappa shape index (κ3) is 0.662. The summed E-state index contributed by atoms with van der Waals surface area (Å²) in [6, 6.07) is 0. The van der Waals surface area contributed by atoms with Gasteiger partial charge >= 0.3 is 0 Å². The molecule has 48 valence electrons. The van der Waals surface area contributed by atoms with Gasteiger partial charge in [-0.15, -0.1) is 0 Å². The fraction of sp³-hybridized carbons (Fsp3) is 0.167. The van der Waals surface area contributed by atoms with Crippen LogP contribution in [0.3, 0.4) is 0 Å². The monoisotopic (exact) mass is 151 g/mol. The first-order valence-electron chi connectivity index (χ1n) is 2.71. The van der Waals surface area contributed by atoms with Gasteiger partial charge in [0.15, 0.2) is 6.17 Å². The highest BCUT2D eigenvalue weighted by molar-refractivity contribution is 6.70. The van der Waals surface area contributed by atoms with Gasteiger partial charge in [-0.3, -0.25) is 0 Å². The molecular weight excluding hydrogens is 150 g/mol. The summed E-state index contributed by atoms with van der Waals surface area (Å²) in [6.07, 6.45) is 1.17. The smallest absolute Gasteiger partial charge is 0.187 e. The number of halogens is 1. The molecule has 2 heterocycles. The Bertz CT molecular complexity index is 327. The molecule has 2 aliphatic heterocycles. The van der Waals surface area contributed by atoms with Crippen LogP contribution in [0.4, 0.5) is 0 Å². The van der Waals surface area contributed by atoms with Gasteiger partial charge in [0.2, 0.25) is 0 Å². The van der Waals surface area contributed by atoms with E-state index < -0.39 is 0 Å². The summed E-state index contributed by atoms with van der Waals surface area (Å²) in [5.74, 6) is 2.55. The van der Waals surface area contributed by atoms with E-state index in [0.717, 1.165) is 0 Å². The topological polar surface area (TPSA) is 37.1 Å².